The number of hydrogen-bond donors (Lipinski definition) is 3. The summed E-state index contributed by atoms with van der Waals surface area (Å²) in [4.78, 5) is 13.1. The summed E-state index contributed by atoms with van der Waals surface area (Å²) in [6.07, 6.45) is -0.593. The Morgan fingerprint density at radius 1 is 1.32 bits per heavy atom. The van der Waals surface area contributed by atoms with Gasteiger partial charge in [-0.15, -0.1) is 0 Å². The van der Waals surface area contributed by atoms with Gasteiger partial charge in [0.25, 0.3) is 0 Å². The zero-order chi connectivity index (χ0) is 27.4. The smallest absolute Gasteiger partial charge is 0.446 e. The van der Waals surface area contributed by atoms with Gasteiger partial charge in [0.15, 0.2) is 0 Å². The fourth-order valence-electron chi connectivity index (χ4n) is 4.12. The van der Waals surface area contributed by atoms with Crippen LogP contribution in [0.4, 0.5) is 29.1 Å². The lowest BCUT2D eigenvalue weighted by molar-refractivity contribution is -0.0327. The highest BCUT2D eigenvalue weighted by atomic mass is 32.2. The van der Waals surface area contributed by atoms with Gasteiger partial charge in [0.05, 0.1) is 35.8 Å². The molecule has 38 heavy (non-hydrogen) atoms. The Labute approximate surface area is 220 Å². The first kappa shape index (κ1) is 27.4. The van der Waals surface area contributed by atoms with Crippen LogP contribution in [0.5, 0.6) is 5.75 Å². The summed E-state index contributed by atoms with van der Waals surface area (Å²) in [6.45, 7) is 1.02. The minimum Gasteiger partial charge on any atom is -0.495 e. The highest BCUT2D eigenvalue weighted by molar-refractivity contribution is 8.00. The first-order valence-electron chi connectivity index (χ1n) is 11.6. The number of ether oxygens (including phenoxy) is 1. The minimum absolute atomic E-state index is 0.0559. The molecule has 1 fully saturated rings. The zero-order valence-electron chi connectivity index (χ0n) is 20.6. The van der Waals surface area contributed by atoms with E-state index in [2.05, 4.69) is 27.6 Å². The van der Waals surface area contributed by atoms with Gasteiger partial charge in [-0.05, 0) is 61.5 Å². The van der Waals surface area contributed by atoms with Crippen LogP contribution in [0.3, 0.4) is 0 Å². The van der Waals surface area contributed by atoms with Crippen molar-refractivity contribution in [2.75, 3.05) is 44.4 Å². The molecule has 0 bridgehead atoms. The second-order valence-electron chi connectivity index (χ2n) is 8.69. The molecule has 0 unspecified atom stereocenters. The molecule has 0 aliphatic carbocycles. The van der Waals surface area contributed by atoms with Gasteiger partial charge in [0, 0.05) is 18.7 Å². The Bertz CT molecular complexity index is 1380. The molecule has 202 valence electrons. The molecule has 0 saturated carbocycles. The normalized spacial score (nSPS) is 18.1. The van der Waals surface area contributed by atoms with E-state index in [1.807, 2.05) is 11.9 Å². The number of hydrogen-bond acceptors (Lipinski definition) is 7. The van der Waals surface area contributed by atoms with E-state index in [1.54, 1.807) is 18.2 Å². The van der Waals surface area contributed by atoms with Crippen molar-refractivity contribution in [2.45, 2.75) is 29.0 Å². The van der Waals surface area contributed by atoms with Crippen LogP contribution in [0.1, 0.15) is 22.5 Å². The Hall–Kier alpha value is -3.63. The highest BCUT2D eigenvalue weighted by Crippen LogP contribution is 2.41. The van der Waals surface area contributed by atoms with Gasteiger partial charge >= 0.3 is 5.51 Å². The van der Waals surface area contributed by atoms with E-state index < -0.39 is 23.6 Å². The van der Waals surface area contributed by atoms with E-state index >= 15 is 0 Å². The predicted molar refractivity (Wildman–Crippen MR) is 138 cm³/mol. The number of methoxy groups -OCH3 is 1. The number of likely N-dealkylation sites (tertiary alicyclic amines) is 1. The summed E-state index contributed by atoms with van der Waals surface area (Å²) in [5.74, 6) is 5.64. The number of halogens is 4. The maximum Gasteiger partial charge on any atom is 0.446 e. The van der Waals surface area contributed by atoms with Gasteiger partial charge in [0.2, 0.25) is 5.91 Å². The summed E-state index contributed by atoms with van der Waals surface area (Å²) in [7, 11) is 3.26. The molecule has 4 rings (SSSR count). The van der Waals surface area contributed by atoms with Crippen LogP contribution in [-0.2, 0) is 0 Å². The second kappa shape index (κ2) is 11.4. The lowest BCUT2D eigenvalue weighted by atomic mass is 10.0. The standard InChI is InChI=1S/C25H26F4N6O2S/c1-34-12-10-17(16(26)14-34)32-22-7-3-6-20-23(38-25(27,28)29)19(33-35(20)22)5-4-11-31-18-9-8-15(24(30)36)13-21(18)37-2/h3,6-9,13,16-17,31-32H,10-12,14H2,1-2H3,(H2,30,36)/t16-,17+/m0/s1. The number of anilines is 2. The number of carbonyl (C=O) groups excluding carboxylic acids is 1. The van der Waals surface area contributed by atoms with Crippen molar-refractivity contribution in [1.29, 1.82) is 0 Å². The van der Waals surface area contributed by atoms with Gasteiger partial charge in [-0.2, -0.15) is 18.3 Å². The molecule has 1 amide bonds. The van der Waals surface area contributed by atoms with Gasteiger partial charge < -0.3 is 26.0 Å². The van der Waals surface area contributed by atoms with E-state index in [9.17, 15) is 22.4 Å². The lowest BCUT2D eigenvalue weighted by Crippen LogP contribution is -2.46. The Kier molecular flexibility index (Phi) is 8.23. The van der Waals surface area contributed by atoms with Crippen LogP contribution in [-0.4, -0.2) is 71.9 Å². The molecule has 2 aromatic heterocycles. The topological polar surface area (TPSA) is 96.9 Å². The van der Waals surface area contributed by atoms with Crippen LogP contribution in [0, 0.1) is 11.8 Å². The van der Waals surface area contributed by atoms with Gasteiger partial charge in [0.1, 0.15) is 23.4 Å². The summed E-state index contributed by atoms with van der Waals surface area (Å²) in [6, 6.07) is 8.85. The number of piperidine rings is 1. The van der Waals surface area contributed by atoms with Crippen molar-refractivity contribution < 1.29 is 27.1 Å². The van der Waals surface area contributed by atoms with Crippen molar-refractivity contribution in [1.82, 2.24) is 14.5 Å². The molecule has 13 heteroatoms. The number of nitrogens with one attached hydrogen (secondary N) is 2. The fourth-order valence-corrected chi connectivity index (χ4v) is 4.80. The van der Waals surface area contributed by atoms with Crippen LogP contribution in [0.2, 0.25) is 0 Å². The first-order valence-corrected chi connectivity index (χ1v) is 12.4. The van der Waals surface area contributed by atoms with E-state index in [4.69, 9.17) is 10.5 Å². The van der Waals surface area contributed by atoms with Gasteiger partial charge in [-0.1, -0.05) is 12.0 Å². The van der Waals surface area contributed by atoms with Crippen molar-refractivity contribution in [3.05, 3.63) is 47.7 Å². The Balaban J connectivity index is 1.60. The average Bonchev–Trinajstić information content (AvgIpc) is 3.20. The summed E-state index contributed by atoms with van der Waals surface area (Å²) < 4.78 is 61.5. The monoisotopic (exact) mass is 550 g/mol. The molecule has 1 aliphatic heterocycles. The SMILES string of the molecule is COc1cc(C(N)=O)ccc1NCC#Cc1nn2c(N[C@@H]3CCN(C)C[C@@H]3F)cccc2c1SC(F)(F)F. The molecule has 1 saturated heterocycles. The second-order valence-corrected chi connectivity index (χ2v) is 9.76. The molecule has 4 N–H and O–H groups in total. The number of carbonyl (C=O) groups is 1. The maximum absolute atomic E-state index is 14.6. The average molecular weight is 551 g/mol. The number of alkyl halides is 4. The molecule has 1 aliphatic rings. The maximum atomic E-state index is 14.6. The number of aromatic nitrogens is 2. The lowest BCUT2D eigenvalue weighted by Gasteiger charge is -2.33. The Morgan fingerprint density at radius 2 is 2.11 bits per heavy atom. The third-order valence-corrected chi connectivity index (χ3v) is 6.81. The molecular formula is C25H26F4N6O2S. The zero-order valence-corrected chi connectivity index (χ0v) is 21.4. The molecule has 0 radical (unpaired) electrons. The van der Waals surface area contributed by atoms with Crippen molar-refractivity contribution in [3.63, 3.8) is 0 Å². The fraction of sp³-hybridized carbons (Fsp3) is 0.360. The molecule has 1 aromatic carbocycles. The van der Waals surface area contributed by atoms with Crippen LogP contribution >= 0.6 is 11.8 Å². The molecule has 2 atom stereocenters. The largest absolute Gasteiger partial charge is 0.495 e. The molecule has 0 spiro atoms. The predicted octanol–water partition coefficient (Wildman–Crippen LogP) is 3.97. The third kappa shape index (κ3) is 6.43. The van der Waals surface area contributed by atoms with E-state index in [1.165, 1.54) is 29.8 Å². The number of rotatable bonds is 7. The van der Waals surface area contributed by atoms with E-state index in [0.717, 1.165) is 0 Å². The summed E-state index contributed by atoms with van der Waals surface area (Å²) in [5.41, 5.74) is 1.67. The van der Waals surface area contributed by atoms with Crippen molar-refractivity contribution in [2.24, 2.45) is 5.73 Å². The van der Waals surface area contributed by atoms with E-state index in [-0.39, 0.29) is 46.5 Å². The number of nitrogens with zero attached hydrogens (tertiary/aromatic N) is 3. The quantitative estimate of drug-likeness (QED) is 0.233. The van der Waals surface area contributed by atoms with Crippen molar-refractivity contribution >= 4 is 34.7 Å². The molecule has 3 aromatic rings. The van der Waals surface area contributed by atoms with Crippen LogP contribution < -0.4 is 21.1 Å². The Morgan fingerprint density at radius 3 is 2.79 bits per heavy atom. The summed E-state index contributed by atoms with van der Waals surface area (Å²) in [5, 5.41) is 10.5. The first-order chi connectivity index (χ1) is 18.1. The number of fused-ring (bicyclic) bond motifs is 1. The van der Waals surface area contributed by atoms with Crippen molar-refractivity contribution in [3.8, 4) is 17.6 Å². The number of amides is 1. The summed E-state index contributed by atoms with van der Waals surface area (Å²) >= 11 is -0.295. The number of pyridine rings is 1. The minimum atomic E-state index is -4.56. The number of benzene rings is 1. The molecule has 8 nitrogen and oxygen atoms in total. The highest BCUT2D eigenvalue weighted by Gasteiger charge is 2.33. The molecular weight excluding hydrogens is 524 g/mol. The van der Waals surface area contributed by atoms with E-state index in [0.29, 0.717) is 30.2 Å². The van der Waals surface area contributed by atoms with Gasteiger partial charge in [-0.3, -0.25) is 4.79 Å². The number of primary amides is 1. The van der Waals surface area contributed by atoms with Gasteiger partial charge in [-0.25, -0.2) is 8.91 Å². The van der Waals surface area contributed by atoms with Crippen LogP contribution in [0.25, 0.3) is 5.52 Å². The third-order valence-electron chi connectivity index (χ3n) is 5.97. The number of nitrogens with two attached hydrogens (primary N) is 1. The van der Waals surface area contributed by atoms with Crippen LogP contribution in [0.15, 0.2) is 41.3 Å². The molecule has 3 heterocycles. The number of thioether (sulfide) groups is 1.